The van der Waals surface area contributed by atoms with Gasteiger partial charge in [0, 0.05) is 6.54 Å². The molecular weight excluding hydrogens is 254 g/mol. The van der Waals surface area contributed by atoms with E-state index >= 15 is 0 Å². The van der Waals surface area contributed by atoms with Crippen LogP contribution in [-0.2, 0) is 11.3 Å². The van der Waals surface area contributed by atoms with Crippen molar-refractivity contribution in [1.82, 2.24) is 0 Å². The maximum Gasteiger partial charge on any atom is 0.179 e. The molecule has 0 aromatic heterocycles. The molecule has 102 valence electrons. The monoisotopic (exact) mass is 273 g/mol. The molecule has 0 atom stereocenters. The van der Waals surface area contributed by atoms with Gasteiger partial charge in [-0.1, -0.05) is 11.6 Å². The average molecular weight is 274 g/mol. The summed E-state index contributed by atoms with van der Waals surface area (Å²) in [4.78, 5) is 0. The van der Waals surface area contributed by atoms with Gasteiger partial charge in [-0.05, 0) is 31.5 Å². The Kier molecular flexibility index (Phi) is 6.25. The SMILES string of the molecule is COc1cc(CN)cc(Cl)c1OCCOC(C)C. The van der Waals surface area contributed by atoms with Crippen LogP contribution in [0.1, 0.15) is 19.4 Å². The first kappa shape index (κ1) is 15.1. The highest BCUT2D eigenvalue weighted by Crippen LogP contribution is 2.36. The van der Waals surface area contributed by atoms with Crippen molar-refractivity contribution < 1.29 is 14.2 Å². The van der Waals surface area contributed by atoms with Crippen molar-refractivity contribution in [3.63, 3.8) is 0 Å². The number of methoxy groups -OCH3 is 1. The molecule has 1 aromatic rings. The summed E-state index contributed by atoms with van der Waals surface area (Å²) in [6, 6.07) is 3.60. The quantitative estimate of drug-likeness (QED) is 0.776. The van der Waals surface area contributed by atoms with Crippen LogP contribution in [0.15, 0.2) is 12.1 Å². The van der Waals surface area contributed by atoms with Gasteiger partial charge in [0.05, 0.1) is 24.8 Å². The van der Waals surface area contributed by atoms with Crippen LogP contribution in [0.2, 0.25) is 5.02 Å². The lowest BCUT2D eigenvalue weighted by atomic mass is 10.2. The zero-order valence-electron chi connectivity index (χ0n) is 11.0. The molecule has 0 fully saturated rings. The lowest BCUT2D eigenvalue weighted by Crippen LogP contribution is -2.12. The molecule has 0 aliphatic carbocycles. The molecule has 0 bridgehead atoms. The number of hydrogen-bond acceptors (Lipinski definition) is 4. The number of ether oxygens (including phenoxy) is 3. The van der Waals surface area contributed by atoms with E-state index < -0.39 is 0 Å². The van der Waals surface area contributed by atoms with Crippen molar-refractivity contribution in [3.05, 3.63) is 22.7 Å². The molecule has 0 saturated heterocycles. The molecule has 2 N–H and O–H groups in total. The van der Waals surface area contributed by atoms with Crippen molar-refractivity contribution >= 4 is 11.6 Å². The Balaban J connectivity index is 2.69. The summed E-state index contributed by atoms with van der Waals surface area (Å²) in [6.45, 7) is 5.30. The van der Waals surface area contributed by atoms with Crippen molar-refractivity contribution in [2.24, 2.45) is 5.73 Å². The second-order valence-corrected chi connectivity index (χ2v) is 4.49. The number of rotatable bonds is 7. The molecule has 0 aliphatic rings. The van der Waals surface area contributed by atoms with Crippen LogP contribution >= 0.6 is 11.6 Å². The molecule has 1 aromatic carbocycles. The fraction of sp³-hybridized carbons (Fsp3) is 0.538. The minimum Gasteiger partial charge on any atom is -0.493 e. The molecule has 0 radical (unpaired) electrons. The molecule has 0 spiro atoms. The van der Waals surface area contributed by atoms with E-state index in [1.165, 1.54) is 0 Å². The van der Waals surface area contributed by atoms with E-state index in [-0.39, 0.29) is 6.10 Å². The van der Waals surface area contributed by atoms with Crippen molar-refractivity contribution in [2.75, 3.05) is 20.3 Å². The first-order valence-electron chi connectivity index (χ1n) is 5.89. The van der Waals surface area contributed by atoms with Gasteiger partial charge in [0.25, 0.3) is 0 Å². The molecule has 5 heteroatoms. The van der Waals surface area contributed by atoms with Gasteiger partial charge < -0.3 is 19.9 Å². The second-order valence-electron chi connectivity index (χ2n) is 4.08. The van der Waals surface area contributed by atoms with Crippen LogP contribution in [0.3, 0.4) is 0 Å². The number of halogens is 1. The Hall–Kier alpha value is -0.970. The largest absolute Gasteiger partial charge is 0.493 e. The molecule has 0 aliphatic heterocycles. The lowest BCUT2D eigenvalue weighted by molar-refractivity contribution is 0.0547. The molecule has 1 rings (SSSR count). The maximum atomic E-state index is 6.13. The zero-order chi connectivity index (χ0) is 13.5. The highest BCUT2D eigenvalue weighted by Gasteiger charge is 2.11. The van der Waals surface area contributed by atoms with Crippen LogP contribution in [0.4, 0.5) is 0 Å². The Morgan fingerprint density at radius 3 is 2.56 bits per heavy atom. The van der Waals surface area contributed by atoms with Crippen molar-refractivity contribution in [3.8, 4) is 11.5 Å². The highest BCUT2D eigenvalue weighted by atomic mass is 35.5. The van der Waals surface area contributed by atoms with Crippen LogP contribution in [-0.4, -0.2) is 26.4 Å². The van der Waals surface area contributed by atoms with Crippen LogP contribution in [0.5, 0.6) is 11.5 Å². The van der Waals surface area contributed by atoms with E-state index in [0.29, 0.717) is 36.3 Å². The first-order chi connectivity index (χ1) is 8.58. The standard InChI is InChI=1S/C13H20ClNO3/c1-9(2)17-4-5-18-13-11(14)6-10(8-15)7-12(13)16-3/h6-7,9H,4-5,8,15H2,1-3H3. The van der Waals surface area contributed by atoms with Gasteiger partial charge in [-0.25, -0.2) is 0 Å². The molecule has 0 amide bonds. The third kappa shape index (κ3) is 4.37. The van der Waals surface area contributed by atoms with Gasteiger partial charge in [-0.2, -0.15) is 0 Å². The van der Waals surface area contributed by atoms with E-state index in [4.69, 9.17) is 31.5 Å². The van der Waals surface area contributed by atoms with Gasteiger partial charge in [0.2, 0.25) is 0 Å². The summed E-state index contributed by atoms with van der Waals surface area (Å²) in [5.41, 5.74) is 6.48. The third-order valence-electron chi connectivity index (χ3n) is 2.31. The predicted molar refractivity (Wildman–Crippen MR) is 72.5 cm³/mol. The summed E-state index contributed by atoms with van der Waals surface area (Å²) in [6.07, 6.45) is 0.186. The maximum absolute atomic E-state index is 6.13. The minimum absolute atomic E-state index is 0.186. The summed E-state index contributed by atoms with van der Waals surface area (Å²) in [7, 11) is 1.57. The number of hydrogen-bond donors (Lipinski definition) is 1. The summed E-state index contributed by atoms with van der Waals surface area (Å²) < 4.78 is 16.2. The Morgan fingerprint density at radius 2 is 2.00 bits per heavy atom. The summed E-state index contributed by atoms with van der Waals surface area (Å²) >= 11 is 6.13. The van der Waals surface area contributed by atoms with Gasteiger partial charge >= 0.3 is 0 Å². The predicted octanol–water partition coefficient (Wildman–Crippen LogP) is 2.61. The topological polar surface area (TPSA) is 53.7 Å². The Morgan fingerprint density at radius 1 is 1.28 bits per heavy atom. The van der Waals surface area contributed by atoms with Gasteiger partial charge in [-0.3, -0.25) is 0 Å². The van der Waals surface area contributed by atoms with E-state index in [9.17, 15) is 0 Å². The number of nitrogens with two attached hydrogens (primary N) is 1. The van der Waals surface area contributed by atoms with Gasteiger partial charge in [0.1, 0.15) is 6.61 Å². The van der Waals surface area contributed by atoms with Gasteiger partial charge in [0.15, 0.2) is 11.5 Å². The molecule has 0 heterocycles. The van der Waals surface area contributed by atoms with Crippen LogP contribution in [0, 0.1) is 0 Å². The average Bonchev–Trinajstić information content (AvgIpc) is 2.34. The van der Waals surface area contributed by atoms with E-state index in [0.717, 1.165) is 5.56 Å². The van der Waals surface area contributed by atoms with Crippen LogP contribution < -0.4 is 15.2 Å². The highest BCUT2D eigenvalue weighted by molar-refractivity contribution is 6.32. The van der Waals surface area contributed by atoms with Crippen molar-refractivity contribution in [1.29, 1.82) is 0 Å². The molecule has 18 heavy (non-hydrogen) atoms. The molecule has 4 nitrogen and oxygen atoms in total. The van der Waals surface area contributed by atoms with Crippen LogP contribution in [0.25, 0.3) is 0 Å². The normalized spacial score (nSPS) is 10.8. The lowest BCUT2D eigenvalue weighted by Gasteiger charge is -2.14. The first-order valence-corrected chi connectivity index (χ1v) is 6.27. The molecule has 0 unspecified atom stereocenters. The number of benzene rings is 1. The van der Waals surface area contributed by atoms with Crippen molar-refractivity contribution in [2.45, 2.75) is 26.5 Å². The zero-order valence-corrected chi connectivity index (χ0v) is 11.8. The molecule has 0 saturated carbocycles. The minimum atomic E-state index is 0.186. The van der Waals surface area contributed by atoms with E-state index in [2.05, 4.69) is 0 Å². The van der Waals surface area contributed by atoms with Gasteiger partial charge in [-0.15, -0.1) is 0 Å². The summed E-state index contributed by atoms with van der Waals surface area (Å²) in [5, 5.41) is 0.499. The van der Waals surface area contributed by atoms with E-state index in [1.807, 2.05) is 19.9 Å². The molecular formula is C13H20ClNO3. The van der Waals surface area contributed by atoms with E-state index in [1.54, 1.807) is 13.2 Å². The Bertz CT molecular complexity index is 383. The summed E-state index contributed by atoms with van der Waals surface area (Å²) in [5.74, 6) is 1.12. The Labute approximate surface area is 113 Å². The third-order valence-corrected chi connectivity index (χ3v) is 2.59. The fourth-order valence-electron chi connectivity index (χ4n) is 1.46. The fourth-order valence-corrected chi connectivity index (χ4v) is 1.75. The smallest absolute Gasteiger partial charge is 0.179 e. The second kappa shape index (κ2) is 7.46.